The molecule has 204 valence electrons. The topological polar surface area (TPSA) is 170 Å². The maximum atomic E-state index is 12.8. The molecule has 1 aromatic heterocycles. The summed E-state index contributed by atoms with van der Waals surface area (Å²) in [7, 11) is -3.25. The summed E-state index contributed by atoms with van der Waals surface area (Å²) in [5.41, 5.74) is -0.384. The third kappa shape index (κ3) is 8.25. The Labute approximate surface area is 228 Å². The number of amides is 3. The first-order valence-electron chi connectivity index (χ1n) is 11.2. The molecule has 0 aliphatic rings. The van der Waals surface area contributed by atoms with Gasteiger partial charge in [0.05, 0.1) is 34.7 Å². The molecule has 0 unspecified atom stereocenters. The van der Waals surface area contributed by atoms with Gasteiger partial charge in [-0.05, 0) is 42.5 Å². The van der Waals surface area contributed by atoms with E-state index in [1.165, 1.54) is 18.2 Å². The maximum Gasteiger partial charge on any atom is 0.325 e. The molecule has 0 bridgehead atoms. The number of benzene rings is 2. The predicted molar refractivity (Wildman–Crippen MR) is 139 cm³/mol. The Morgan fingerprint density at radius 2 is 1.67 bits per heavy atom. The van der Waals surface area contributed by atoms with Crippen LogP contribution in [0.3, 0.4) is 0 Å². The highest BCUT2D eigenvalue weighted by molar-refractivity contribution is 7.90. The van der Waals surface area contributed by atoms with Crippen LogP contribution >= 0.6 is 11.6 Å². The Morgan fingerprint density at radius 1 is 0.923 bits per heavy atom. The van der Waals surface area contributed by atoms with E-state index in [1.54, 1.807) is 24.3 Å². The van der Waals surface area contributed by atoms with E-state index in [9.17, 15) is 27.6 Å². The van der Waals surface area contributed by atoms with Crippen LogP contribution < -0.4 is 20.1 Å². The molecule has 0 spiro atoms. The molecule has 0 aliphatic carbocycles. The van der Waals surface area contributed by atoms with Gasteiger partial charge in [-0.25, -0.2) is 13.1 Å². The molecule has 3 rings (SSSR count). The van der Waals surface area contributed by atoms with Gasteiger partial charge >= 0.3 is 5.97 Å². The summed E-state index contributed by atoms with van der Waals surface area (Å²) in [5.74, 6) is -2.39. The lowest BCUT2D eigenvalue weighted by Crippen LogP contribution is -2.32. The zero-order chi connectivity index (χ0) is 28.4. The molecule has 39 heavy (non-hydrogen) atoms. The van der Waals surface area contributed by atoms with Gasteiger partial charge in [-0.2, -0.15) is 0 Å². The van der Waals surface area contributed by atoms with E-state index in [4.69, 9.17) is 16.3 Å². The fourth-order valence-electron chi connectivity index (χ4n) is 3.01. The first-order chi connectivity index (χ1) is 18.6. The van der Waals surface area contributed by atoms with Crippen molar-refractivity contribution in [2.75, 3.05) is 26.8 Å². The van der Waals surface area contributed by atoms with E-state index in [1.807, 2.05) is 10.8 Å². The molecule has 0 aliphatic heterocycles. The molecule has 0 atom stereocenters. The molecule has 0 fully saturated rings. The smallest absolute Gasteiger partial charge is 0.325 e. The second-order valence-corrected chi connectivity index (χ2v) is 9.77. The fraction of sp³-hybridized carbons (Fsp3) is 0.160. The quantitative estimate of drug-likeness (QED) is 0.227. The number of nitrogens with zero attached hydrogens (tertiary/aromatic N) is 1. The first-order valence-corrected chi connectivity index (χ1v) is 13.1. The van der Waals surface area contributed by atoms with Crippen molar-refractivity contribution in [3.63, 3.8) is 0 Å². The van der Waals surface area contributed by atoms with Crippen LogP contribution in [-0.4, -0.2) is 63.9 Å². The molecule has 0 saturated heterocycles. The number of para-hydroxylation sites is 1. The molecule has 3 aromatic rings. The molecule has 3 N–H and O–H groups in total. The standard InChI is InChI=1S/C25H23ClN4O8S/c1-37-22(31)15-29-25(34)21-10-7-16(14-28-21)23(32)30-39(35,36)18-8-9-20(26)19(13-18)24(33)27-11-12-38-17-5-3-2-4-6-17/h2-10,13-14H,11-12,15H2,1H3,(H,27,33)(H,29,34)(H,30,32). The number of hydrogen-bond acceptors (Lipinski definition) is 9. The minimum absolute atomic E-state index is 0.00650. The van der Waals surface area contributed by atoms with Crippen LogP contribution in [0.5, 0.6) is 5.75 Å². The summed E-state index contributed by atoms with van der Waals surface area (Å²) in [6, 6.07) is 14.7. The Balaban J connectivity index is 1.62. The van der Waals surface area contributed by atoms with Crippen LogP contribution in [0.4, 0.5) is 0 Å². The number of carbonyl (C=O) groups excluding carboxylic acids is 4. The zero-order valence-corrected chi connectivity index (χ0v) is 22.0. The third-order valence-electron chi connectivity index (χ3n) is 5.00. The SMILES string of the molecule is COC(=O)CNC(=O)c1ccc(C(=O)NS(=O)(=O)c2ccc(Cl)c(C(=O)NCCOc3ccccc3)c2)cn1. The monoisotopic (exact) mass is 574 g/mol. The number of hydrogen-bond donors (Lipinski definition) is 3. The Hall–Kier alpha value is -4.49. The van der Waals surface area contributed by atoms with E-state index in [0.29, 0.717) is 5.75 Å². The number of nitrogens with one attached hydrogen (secondary N) is 3. The number of halogens is 1. The van der Waals surface area contributed by atoms with Crippen LogP contribution in [0.1, 0.15) is 31.2 Å². The van der Waals surface area contributed by atoms with Gasteiger partial charge in [0, 0.05) is 6.20 Å². The Morgan fingerprint density at radius 3 is 2.33 bits per heavy atom. The van der Waals surface area contributed by atoms with Crippen molar-refractivity contribution in [1.82, 2.24) is 20.3 Å². The first kappa shape index (κ1) is 29.1. The molecule has 0 radical (unpaired) electrons. The zero-order valence-electron chi connectivity index (χ0n) is 20.5. The predicted octanol–water partition coefficient (Wildman–Crippen LogP) is 1.57. The van der Waals surface area contributed by atoms with Crippen molar-refractivity contribution in [3.8, 4) is 5.75 Å². The second kappa shape index (κ2) is 13.3. The molecule has 1 heterocycles. The van der Waals surface area contributed by atoms with Crippen molar-refractivity contribution in [3.05, 3.63) is 88.7 Å². The van der Waals surface area contributed by atoms with E-state index < -0.39 is 33.7 Å². The van der Waals surface area contributed by atoms with Crippen LogP contribution in [0, 0.1) is 0 Å². The van der Waals surface area contributed by atoms with Crippen LogP contribution in [0.25, 0.3) is 0 Å². The van der Waals surface area contributed by atoms with Crippen LogP contribution in [0.2, 0.25) is 5.02 Å². The van der Waals surface area contributed by atoms with Crippen molar-refractivity contribution in [1.29, 1.82) is 0 Å². The summed E-state index contributed by atoms with van der Waals surface area (Å²) < 4.78 is 37.4. The van der Waals surface area contributed by atoms with Gasteiger partial charge in [-0.1, -0.05) is 29.8 Å². The van der Waals surface area contributed by atoms with Gasteiger partial charge < -0.3 is 20.1 Å². The summed E-state index contributed by atoms with van der Waals surface area (Å²) >= 11 is 6.10. The number of sulfonamides is 1. The second-order valence-electron chi connectivity index (χ2n) is 7.68. The van der Waals surface area contributed by atoms with Gasteiger partial charge in [0.25, 0.3) is 27.7 Å². The third-order valence-corrected chi connectivity index (χ3v) is 6.66. The average Bonchev–Trinajstić information content (AvgIpc) is 2.94. The molecule has 3 amide bonds. The Kier molecular flexibility index (Phi) is 9.95. The number of rotatable bonds is 11. The highest BCUT2D eigenvalue weighted by Gasteiger charge is 2.22. The Bertz CT molecular complexity index is 1470. The summed E-state index contributed by atoms with van der Waals surface area (Å²) in [5, 5.41) is 4.88. The lowest BCUT2D eigenvalue weighted by Gasteiger charge is -2.11. The maximum absolute atomic E-state index is 12.8. The summed E-state index contributed by atoms with van der Waals surface area (Å²) in [6.45, 7) is -0.0806. The minimum atomic E-state index is -4.41. The number of methoxy groups -OCH3 is 1. The van der Waals surface area contributed by atoms with E-state index >= 15 is 0 Å². The highest BCUT2D eigenvalue weighted by atomic mass is 35.5. The molecule has 2 aromatic carbocycles. The van der Waals surface area contributed by atoms with Crippen LogP contribution in [0.15, 0.2) is 71.8 Å². The molecule has 12 nitrogen and oxygen atoms in total. The minimum Gasteiger partial charge on any atom is -0.492 e. The summed E-state index contributed by atoms with van der Waals surface area (Å²) in [6.07, 6.45) is 0.996. The van der Waals surface area contributed by atoms with Gasteiger partial charge in [-0.15, -0.1) is 0 Å². The largest absolute Gasteiger partial charge is 0.492 e. The van der Waals surface area contributed by atoms with Gasteiger partial charge in [-0.3, -0.25) is 24.2 Å². The fourth-order valence-corrected chi connectivity index (χ4v) is 4.21. The lowest BCUT2D eigenvalue weighted by atomic mass is 10.2. The van der Waals surface area contributed by atoms with Crippen LogP contribution in [-0.2, 0) is 19.6 Å². The molecule has 14 heteroatoms. The summed E-state index contributed by atoms with van der Waals surface area (Å²) in [4.78, 5) is 51.7. The molecule has 0 saturated carbocycles. The number of ether oxygens (including phenoxy) is 2. The normalized spacial score (nSPS) is 10.7. The number of aromatic nitrogens is 1. The number of esters is 1. The van der Waals surface area contributed by atoms with Crippen molar-refractivity contribution >= 4 is 45.3 Å². The van der Waals surface area contributed by atoms with Crippen molar-refractivity contribution in [2.24, 2.45) is 0 Å². The van der Waals surface area contributed by atoms with E-state index in [0.717, 1.165) is 25.4 Å². The van der Waals surface area contributed by atoms with Crippen molar-refractivity contribution < 1.29 is 37.1 Å². The van der Waals surface area contributed by atoms with E-state index in [2.05, 4.69) is 20.4 Å². The average molecular weight is 575 g/mol. The van der Waals surface area contributed by atoms with Gasteiger partial charge in [0.2, 0.25) is 0 Å². The number of carbonyl (C=O) groups is 4. The van der Waals surface area contributed by atoms with Gasteiger partial charge in [0.15, 0.2) is 0 Å². The van der Waals surface area contributed by atoms with Crippen molar-refractivity contribution in [2.45, 2.75) is 4.90 Å². The molecular formula is C25H23ClN4O8S. The molecular weight excluding hydrogens is 552 g/mol. The lowest BCUT2D eigenvalue weighted by molar-refractivity contribution is -0.139. The van der Waals surface area contributed by atoms with E-state index in [-0.39, 0.29) is 46.4 Å². The number of pyridine rings is 1. The highest BCUT2D eigenvalue weighted by Crippen LogP contribution is 2.21. The van der Waals surface area contributed by atoms with Gasteiger partial charge in [0.1, 0.15) is 24.6 Å².